The zero-order chi connectivity index (χ0) is 22.6. The minimum Gasteiger partial charge on any atom is -0.462 e. The summed E-state index contributed by atoms with van der Waals surface area (Å²) in [5.41, 5.74) is 0.402. The number of ether oxygens (including phenoxy) is 2. The molecule has 0 spiro atoms. The van der Waals surface area contributed by atoms with E-state index in [1.807, 2.05) is 0 Å². The van der Waals surface area contributed by atoms with Crippen LogP contribution >= 0.6 is 0 Å². The first-order valence-electron chi connectivity index (χ1n) is 12.6. The van der Waals surface area contributed by atoms with Crippen LogP contribution in [0.15, 0.2) is 24.3 Å². The lowest BCUT2D eigenvalue weighted by Gasteiger charge is -2.07. The third kappa shape index (κ3) is 14.7. The summed E-state index contributed by atoms with van der Waals surface area (Å²) in [7, 11) is 0. The summed E-state index contributed by atoms with van der Waals surface area (Å²) < 4.78 is 10.3. The van der Waals surface area contributed by atoms with Gasteiger partial charge in [-0.2, -0.15) is 0 Å². The van der Waals surface area contributed by atoms with E-state index in [-0.39, 0.29) is 5.97 Å². The standard InChI is InChI=1S/C27H44O4/c1-3-5-6-7-8-9-10-11-12-13-14-15-16-17-18-22-26(28)31-25-21-19-20-24(23-25)27(29)30-4-2/h19-21,23H,3-18,22H2,1-2H3. The first-order valence-corrected chi connectivity index (χ1v) is 12.6. The summed E-state index contributed by atoms with van der Waals surface area (Å²) in [6.45, 7) is 4.35. The van der Waals surface area contributed by atoms with Crippen molar-refractivity contribution in [1.29, 1.82) is 0 Å². The highest BCUT2D eigenvalue weighted by Crippen LogP contribution is 2.17. The van der Waals surface area contributed by atoms with Crippen molar-refractivity contribution in [2.45, 2.75) is 117 Å². The van der Waals surface area contributed by atoms with Crippen LogP contribution in [0.4, 0.5) is 0 Å². The van der Waals surface area contributed by atoms with Gasteiger partial charge in [-0.05, 0) is 31.5 Å². The molecule has 0 saturated heterocycles. The van der Waals surface area contributed by atoms with E-state index >= 15 is 0 Å². The molecule has 0 unspecified atom stereocenters. The van der Waals surface area contributed by atoms with E-state index in [2.05, 4.69) is 6.92 Å². The van der Waals surface area contributed by atoms with Crippen molar-refractivity contribution in [3.63, 3.8) is 0 Å². The van der Waals surface area contributed by atoms with Crippen molar-refractivity contribution in [3.8, 4) is 5.75 Å². The number of benzene rings is 1. The zero-order valence-electron chi connectivity index (χ0n) is 20.0. The molecule has 0 radical (unpaired) electrons. The van der Waals surface area contributed by atoms with Gasteiger partial charge in [0.2, 0.25) is 0 Å². The summed E-state index contributed by atoms with van der Waals surface area (Å²) >= 11 is 0. The van der Waals surface area contributed by atoms with E-state index in [0.29, 0.717) is 24.3 Å². The average molecular weight is 433 g/mol. The topological polar surface area (TPSA) is 52.6 Å². The lowest BCUT2D eigenvalue weighted by atomic mass is 10.0. The molecule has 1 aromatic rings. The quantitative estimate of drug-likeness (QED) is 0.126. The van der Waals surface area contributed by atoms with Crippen molar-refractivity contribution in [2.75, 3.05) is 6.61 Å². The van der Waals surface area contributed by atoms with E-state index in [1.165, 1.54) is 83.5 Å². The first-order chi connectivity index (χ1) is 15.2. The Morgan fingerprint density at radius 3 is 1.74 bits per heavy atom. The third-order valence-corrected chi connectivity index (χ3v) is 5.56. The van der Waals surface area contributed by atoms with Crippen LogP contribution in [0.1, 0.15) is 127 Å². The van der Waals surface area contributed by atoms with Crippen molar-refractivity contribution >= 4 is 11.9 Å². The van der Waals surface area contributed by atoms with Crippen LogP contribution in [-0.4, -0.2) is 18.5 Å². The van der Waals surface area contributed by atoms with Crippen LogP contribution in [0.3, 0.4) is 0 Å². The third-order valence-electron chi connectivity index (χ3n) is 5.56. The second kappa shape index (κ2) is 18.9. The highest BCUT2D eigenvalue weighted by Gasteiger charge is 2.10. The van der Waals surface area contributed by atoms with Crippen LogP contribution in [0.2, 0.25) is 0 Å². The number of esters is 2. The second-order valence-corrected chi connectivity index (χ2v) is 8.42. The SMILES string of the molecule is CCCCCCCCCCCCCCCCCC(=O)Oc1cccc(C(=O)OCC)c1. The summed E-state index contributed by atoms with van der Waals surface area (Å²) in [5, 5.41) is 0. The largest absolute Gasteiger partial charge is 0.462 e. The molecule has 0 amide bonds. The predicted molar refractivity (Wildman–Crippen MR) is 128 cm³/mol. The molecule has 0 aliphatic rings. The van der Waals surface area contributed by atoms with Crippen LogP contribution in [0.25, 0.3) is 0 Å². The molecular formula is C27H44O4. The maximum Gasteiger partial charge on any atom is 0.338 e. The molecule has 0 fully saturated rings. The molecule has 0 aromatic heterocycles. The van der Waals surface area contributed by atoms with Crippen LogP contribution in [-0.2, 0) is 9.53 Å². The lowest BCUT2D eigenvalue weighted by molar-refractivity contribution is -0.134. The number of hydrogen-bond donors (Lipinski definition) is 0. The molecule has 4 nitrogen and oxygen atoms in total. The van der Waals surface area contributed by atoms with Crippen molar-refractivity contribution in [3.05, 3.63) is 29.8 Å². The van der Waals surface area contributed by atoms with Gasteiger partial charge >= 0.3 is 11.9 Å². The number of rotatable bonds is 19. The molecule has 31 heavy (non-hydrogen) atoms. The van der Waals surface area contributed by atoms with Gasteiger partial charge in [0.1, 0.15) is 5.75 Å². The smallest absolute Gasteiger partial charge is 0.338 e. The first kappa shape index (κ1) is 27.2. The van der Waals surface area contributed by atoms with Crippen LogP contribution in [0, 0.1) is 0 Å². The normalized spacial score (nSPS) is 10.8. The Bertz CT molecular complexity index is 597. The van der Waals surface area contributed by atoms with Gasteiger partial charge in [-0.15, -0.1) is 0 Å². The molecule has 0 bridgehead atoms. The summed E-state index contributed by atoms with van der Waals surface area (Å²) in [6.07, 6.45) is 20.0. The Kier molecular flexibility index (Phi) is 16.6. The van der Waals surface area contributed by atoms with E-state index in [9.17, 15) is 9.59 Å². The molecule has 0 aliphatic heterocycles. The summed E-state index contributed by atoms with van der Waals surface area (Å²) in [6, 6.07) is 6.60. The molecule has 0 saturated carbocycles. The maximum atomic E-state index is 12.0. The van der Waals surface area contributed by atoms with Crippen LogP contribution in [0.5, 0.6) is 5.75 Å². The highest BCUT2D eigenvalue weighted by molar-refractivity contribution is 5.90. The monoisotopic (exact) mass is 432 g/mol. The van der Waals surface area contributed by atoms with Crippen molar-refractivity contribution in [2.24, 2.45) is 0 Å². The Morgan fingerprint density at radius 2 is 1.23 bits per heavy atom. The van der Waals surface area contributed by atoms with Crippen LogP contribution < -0.4 is 4.74 Å². The fraction of sp³-hybridized carbons (Fsp3) is 0.704. The van der Waals surface area contributed by atoms with E-state index in [4.69, 9.17) is 9.47 Å². The molecule has 0 atom stereocenters. The van der Waals surface area contributed by atoms with Gasteiger partial charge in [-0.3, -0.25) is 4.79 Å². The van der Waals surface area contributed by atoms with Crippen molar-refractivity contribution < 1.29 is 19.1 Å². The molecule has 0 N–H and O–H groups in total. The molecule has 1 aromatic carbocycles. The Labute approximate surface area is 190 Å². The van der Waals surface area contributed by atoms with E-state index in [0.717, 1.165) is 12.8 Å². The number of carbonyl (C=O) groups is 2. The zero-order valence-corrected chi connectivity index (χ0v) is 20.0. The lowest BCUT2D eigenvalue weighted by Crippen LogP contribution is -2.09. The highest BCUT2D eigenvalue weighted by atomic mass is 16.5. The Hall–Kier alpha value is -1.84. The summed E-state index contributed by atoms with van der Waals surface area (Å²) in [5.74, 6) is -0.241. The van der Waals surface area contributed by atoms with Gasteiger partial charge < -0.3 is 9.47 Å². The maximum absolute atomic E-state index is 12.0. The van der Waals surface area contributed by atoms with Gasteiger partial charge in [-0.25, -0.2) is 4.79 Å². The van der Waals surface area contributed by atoms with E-state index < -0.39 is 5.97 Å². The van der Waals surface area contributed by atoms with E-state index in [1.54, 1.807) is 31.2 Å². The minimum absolute atomic E-state index is 0.240. The fourth-order valence-corrected chi connectivity index (χ4v) is 3.72. The molecule has 176 valence electrons. The Balaban J connectivity index is 1.96. The van der Waals surface area contributed by atoms with Gasteiger partial charge in [0, 0.05) is 6.42 Å². The van der Waals surface area contributed by atoms with Gasteiger partial charge in [0.25, 0.3) is 0 Å². The van der Waals surface area contributed by atoms with Crippen molar-refractivity contribution in [1.82, 2.24) is 0 Å². The fourth-order valence-electron chi connectivity index (χ4n) is 3.72. The summed E-state index contributed by atoms with van der Waals surface area (Å²) in [4.78, 5) is 23.8. The number of carbonyl (C=O) groups excluding carboxylic acids is 2. The average Bonchev–Trinajstić information content (AvgIpc) is 2.76. The molecular weight excluding hydrogens is 388 g/mol. The van der Waals surface area contributed by atoms with Gasteiger partial charge in [0.15, 0.2) is 0 Å². The molecule has 0 heterocycles. The minimum atomic E-state index is -0.400. The number of unbranched alkanes of at least 4 members (excludes halogenated alkanes) is 14. The van der Waals surface area contributed by atoms with Gasteiger partial charge in [-0.1, -0.05) is 103 Å². The molecule has 4 heteroatoms. The number of hydrogen-bond acceptors (Lipinski definition) is 4. The predicted octanol–water partition coefficient (Wildman–Crippen LogP) is 8.03. The Morgan fingerprint density at radius 1 is 0.710 bits per heavy atom. The molecule has 0 aliphatic carbocycles. The molecule has 1 rings (SSSR count). The van der Waals surface area contributed by atoms with Gasteiger partial charge in [0.05, 0.1) is 12.2 Å². The second-order valence-electron chi connectivity index (χ2n) is 8.42.